The van der Waals surface area contributed by atoms with Crippen molar-refractivity contribution in [3.63, 3.8) is 0 Å². The molecule has 0 radical (unpaired) electrons. The lowest BCUT2D eigenvalue weighted by atomic mass is 9.97. The Morgan fingerprint density at radius 2 is 2.04 bits per heavy atom. The summed E-state index contributed by atoms with van der Waals surface area (Å²) in [6.45, 7) is 8.14. The van der Waals surface area contributed by atoms with Gasteiger partial charge >= 0.3 is 0 Å². The summed E-state index contributed by atoms with van der Waals surface area (Å²) >= 11 is 0. The lowest BCUT2D eigenvalue weighted by Gasteiger charge is -2.39. The van der Waals surface area contributed by atoms with E-state index in [2.05, 4.69) is 29.4 Å². The highest BCUT2D eigenvalue weighted by atomic mass is 16.5. The van der Waals surface area contributed by atoms with Crippen molar-refractivity contribution >= 4 is 17.5 Å². The first kappa shape index (κ1) is 19.7. The van der Waals surface area contributed by atoms with E-state index in [0.29, 0.717) is 30.1 Å². The lowest BCUT2D eigenvalue weighted by molar-refractivity contribution is -0.130. The highest BCUT2D eigenvalue weighted by molar-refractivity contribution is 6.00. The molecule has 0 aliphatic carbocycles. The molecule has 1 aromatic rings. The second-order valence-corrected chi connectivity index (χ2v) is 7.87. The maximum absolute atomic E-state index is 12.2. The van der Waals surface area contributed by atoms with E-state index in [1.54, 1.807) is 0 Å². The molecule has 0 aromatic heterocycles. The summed E-state index contributed by atoms with van der Waals surface area (Å²) in [5, 5.41) is 5.75. The summed E-state index contributed by atoms with van der Waals surface area (Å²) in [6.07, 6.45) is 4.00. The molecule has 27 heavy (non-hydrogen) atoms. The van der Waals surface area contributed by atoms with Crippen molar-refractivity contribution in [2.45, 2.75) is 71.1 Å². The zero-order chi connectivity index (χ0) is 19.4. The summed E-state index contributed by atoms with van der Waals surface area (Å²) in [4.78, 5) is 26.9. The Morgan fingerprint density at radius 3 is 2.78 bits per heavy atom. The number of aryl methyl sites for hydroxylation is 1. The Hall–Kier alpha value is -2.08. The lowest BCUT2D eigenvalue weighted by Crippen LogP contribution is -2.45. The van der Waals surface area contributed by atoms with Crippen molar-refractivity contribution < 1.29 is 14.3 Å². The predicted molar refractivity (Wildman–Crippen MR) is 106 cm³/mol. The molecular weight excluding hydrogens is 342 g/mol. The number of hydrogen-bond acceptors (Lipinski definition) is 4. The smallest absolute Gasteiger partial charge is 0.266 e. The van der Waals surface area contributed by atoms with Crippen LogP contribution in [0, 0.1) is 6.92 Å². The van der Waals surface area contributed by atoms with E-state index in [4.69, 9.17) is 4.74 Å². The van der Waals surface area contributed by atoms with Crippen LogP contribution in [0.4, 0.5) is 5.69 Å². The normalized spacial score (nSPS) is 25.3. The topological polar surface area (TPSA) is 70.7 Å². The molecule has 2 amide bonds. The quantitative estimate of drug-likeness (QED) is 0.752. The number of nitrogens with one attached hydrogen (secondary N) is 2. The molecule has 1 fully saturated rings. The van der Waals surface area contributed by atoms with Crippen molar-refractivity contribution in [3.8, 4) is 5.75 Å². The molecular formula is C21H31N3O3. The number of rotatable bonds is 6. The number of benzene rings is 1. The van der Waals surface area contributed by atoms with Gasteiger partial charge in [-0.25, -0.2) is 0 Å². The van der Waals surface area contributed by atoms with Gasteiger partial charge in [-0.1, -0.05) is 12.5 Å². The SMILES string of the molecule is Cc1ccc2c(c1)NC(=O)[C@H](CC(=O)NCCCN1[C@H](C)CCC[C@H]1C)O2. The van der Waals surface area contributed by atoms with Crippen LogP contribution in [0.1, 0.15) is 51.5 Å². The third kappa shape index (κ3) is 5.01. The number of ether oxygens (including phenoxy) is 1. The van der Waals surface area contributed by atoms with E-state index in [1.165, 1.54) is 19.3 Å². The van der Waals surface area contributed by atoms with E-state index in [0.717, 1.165) is 18.5 Å². The van der Waals surface area contributed by atoms with Gasteiger partial charge in [-0.05, 0) is 57.7 Å². The fourth-order valence-corrected chi connectivity index (χ4v) is 4.04. The maximum Gasteiger partial charge on any atom is 0.266 e. The maximum atomic E-state index is 12.2. The van der Waals surface area contributed by atoms with Gasteiger partial charge in [0.25, 0.3) is 5.91 Å². The van der Waals surface area contributed by atoms with Gasteiger partial charge in [0.1, 0.15) is 5.75 Å². The number of fused-ring (bicyclic) bond motifs is 1. The molecule has 2 heterocycles. The molecule has 1 aromatic carbocycles. The van der Waals surface area contributed by atoms with Gasteiger partial charge in [0, 0.05) is 25.2 Å². The molecule has 6 heteroatoms. The number of carbonyl (C=O) groups is 2. The zero-order valence-electron chi connectivity index (χ0n) is 16.6. The van der Waals surface area contributed by atoms with Crippen LogP contribution in [0.2, 0.25) is 0 Å². The van der Waals surface area contributed by atoms with Crippen LogP contribution in [0.5, 0.6) is 5.75 Å². The highest BCUT2D eigenvalue weighted by Crippen LogP contribution is 2.31. The molecule has 1 saturated heterocycles. The third-order valence-electron chi connectivity index (χ3n) is 5.62. The third-order valence-corrected chi connectivity index (χ3v) is 5.62. The first-order valence-electron chi connectivity index (χ1n) is 10.0. The Bertz CT molecular complexity index is 681. The van der Waals surface area contributed by atoms with Crippen molar-refractivity contribution in [3.05, 3.63) is 23.8 Å². The van der Waals surface area contributed by atoms with Crippen LogP contribution in [0.15, 0.2) is 18.2 Å². The molecule has 6 nitrogen and oxygen atoms in total. The summed E-state index contributed by atoms with van der Waals surface area (Å²) in [5.41, 5.74) is 1.72. The summed E-state index contributed by atoms with van der Waals surface area (Å²) in [6, 6.07) is 6.86. The Kier molecular flexibility index (Phi) is 6.37. The second kappa shape index (κ2) is 8.74. The molecule has 0 saturated carbocycles. The number of carbonyl (C=O) groups excluding carboxylic acids is 2. The van der Waals surface area contributed by atoms with Crippen molar-refractivity contribution in [2.24, 2.45) is 0 Å². The van der Waals surface area contributed by atoms with Gasteiger partial charge in [0.05, 0.1) is 12.1 Å². The number of hydrogen-bond donors (Lipinski definition) is 2. The number of likely N-dealkylation sites (tertiary alicyclic amines) is 1. The van der Waals surface area contributed by atoms with E-state index < -0.39 is 6.10 Å². The molecule has 2 aliphatic heterocycles. The number of piperidine rings is 1. The highest BCUT2D eigenvalue weighted by Gasteiger charge is 2.29. The van der Waals surface area contributed by atoms with Gasteiger partial charge < -0.3 is 15.4 Å². The fraction of sp³-hybridized carbons (Fsp3) is 0.619. The number of anilines is 1. The zero-order valence-corrected chi connectivity index (χ0v) is 16.6. The molecule has 3 rings (SSSR count). The van der Waals surface area contributed by atoms with Gasteiger partial charge in [-0.15, -0.1) is 0 Å². The average molecular weight is 373 g/mol. The largest absolute Gasteiger partial charge is 0.478 e. The fourth-order valence-electron chi connectivity index (χ4n) is 4.04. The Balaban J connectivity index is 1.42. The van der Waals surface area contributed by atoms with E-state index in [1.807, 2.05) is 25.1 Å². The summed E-state index contributed by atoms with van der Waals surface area (Å²) in [7, 11) is 0. The first-order valence-corrected chi connectivity index (χ1v) is 10.0. The second-order valence-electron chi connectivity index (χ2n) is 7.87. The Labute approximate surface area is 161 Å². The van der Waals surface area contributed by atoms with Crippen LogP contribution in [0.25, 0.3) is 0 Å². The molecule has 0 bridgehead atoms. The molecule has 0 spiro atoms. The number of nitrogens with zero attached hydrogens (tertiary/aromatic N) is 1. The summed E-state index contributed by atoms with van der Waals surface area (Å²) in [5.74, 6) is 0.204. The van der Waals surface area contributed by atoms with Gasteiger partial charge in [0.2, 0.25) is 5.91 Å². The van der Waals surface area contributed by atoms with Gasteiger partial charge in [0.15, 0.2) is 6.10 Å². The minimum atomic E-state index is -0.776. The summed E-state index contributed by atoms with van der Waals surface area (Å²) < 4.78 is 5.72. The van der Waals surface area contributed by atoms with Crippen molar-refractivity contribution in [2.75, 3.05) is 18.4 Å². The van der Waals surface area contributed by atoms with Gasteiger partial charge in [-0.2, -0.15) is 0 Å². The standard InChI is InChI=1S/C21H31N3O3/c1-14-8-9-18-17(12-14)23-21(26)19(27-18)13-20(25)22-10-5-11-24-15(2)6-4-7-16(24)3/h8-9,12,15-16,19H,4-7,10-11,13H2,1-3H3,(H,22,25)(H,23,26)/t15-,16-,19+/m1/s1. The van der Waals surface area contributed by atoms with Gasteiger partial charge in [-0.3, -0.25) is 14.5 Å². The van der Waals surface area contributed by atoms with Crippen molar-refractivity contribution in [1.82, 2.24) is 10.2 Å². The van der Waals surface area contributed by atoms with Crippen molar-refractivity contribution in [1.29, 1.82) is 0 Å². The van der Waals surface area contributed by atoms with Crippen LogP contribution in [-0.4, -0.2) is 48.0 Å². The molecule has 3 atom stereocenters. The average Bonchev–Trinajstić information content (AvgIpc) is 2.61. The monoisotopic (exact) mass is 373 g/mol. The van der Waals surface area contributed by atoms with E-state index >= 15 is 0 Å². The number of amides is 2. The van der Waals surface area contributed by atoms with Crippen LogP contribution < -0.4 is 15.4 Å². The molecule has 2 N–H and O–H groups in total. The Morgan fingerprint density at radius 1 is 1.30 bits per heavy atom. The minimum absolute atomic E-state index is 0.0374. The van der Waals surface area contributed by atoms with E-state index in [9.17, 15) is 9.59 Å². The molecule has 2 aliphatic rings. The van der Waals surface area contributed by atoms with Crippen LogP contribution >= 0.6 is 0 Å². The van der Waals surface area contributed by atoms with Crippen LogP contribution in [-0.2, 0) is 9.59 Å². The minimum Gasteiger partial charge on any atom is -0.478 e. The first-order chi connectivity index (χ1) is 12.9. The van der Waals surface area contributed by atoms with Crippen LogP contribution in [0.3, 0.4) is 0 Å². The molecule has 0 unspecified atom stereocenters. The van der Waals surface area contributed by atoms with E-state index in [-0.39, 0.29) is 18.2 Å². The predicted octanol–water partition coefficient (Wildman–Crippen LogP) is 2.85. The molecule has 148 valence electrons.